The fourth-order valence-corrected chi connectivity index (χ4v) is 2.34. The predicted octanol–water partition coefficient (Wildman–Crippen LogP) is 2.63. The van der Waals surface area contributed by atoms with Crippen LogP contribution in [-0.4, -0.2) is 18.1 Å². The molecular weight excluding hydrogens is 202 g/mol. The molecule has 0 bridgehead atoms. The highest BCUT2D eigenvalue weighted by molar-refractivity contribution is 5.75. The molecule has 94 valence electrons. The standard InChI is InChI=1S/C13H25NO2/c1-3-4-7-11-8-5-6-9-12(14)13(15)16-10(11)2/h10-12H,3-9,14H2,1-2H3/t10-,11+,12-/m0/s1. The van der Waals surface area contributed by atoms with E-state index in [4.69, 9.17) is 10.5 Å². The molecule has 1 heterocycles. The number of ether oxygens (including phenoxy) is 1. The molecule has 2 N–H and O–H groups in total. The molecule has 1 saturated heterocycles. The molecule has 0 saturated carbocycles. The molecule has 0 amide bonds. The third-order valence-corrected chi connectivity index (χ3v) is 3.54. The topological polar surface area (TPSA) is 52.3 Å². The van der Waals surface area contributed by atoms with Gasteiger partial charge < -0.3 is 10.5 Å². The van der Waals surface area contributed by atoms with Gasteiger partial charge in [0.2, 0.25) is 0 Å². The van der Waals surface area contributed by atoms with Crippen LogP contribution in [0.3, 0.4) is 0 Å². The van der Waals surface area contributed by atoms with Crippen molar-refractivity contribution in [1.29, 1.82) is 0 Å². The third-order valence-electron chi connectivity index (χ3n) is 3.54. The average Bonchev–Trinajstić information content (AvgIpc) is 2.31. The van der Waals surface area contributed by atoms with Gasteiger partial charge in [0, 0.05) is 0 Å². The number of carbonyl (C=O) groups excluding carboxylic acids is 1. The second kappa shape index (κ2) is 6.89. The van der Waals surface area contributed by atoms with E-state index in [0.29, 0.717) is 5.92 Å². The largest absolute Gasteiger partial charge is 0.461 e. The maximum Gasteiger partial charge on any atom is 0.323 e. The third kappa shape index (κ3) is 4.12. The lowest BCUT2D eigenvalue weighted by Crippen LogP contribution is -2.35. The van der Waals surface area contributed by atoms with Crippen LogP contribution < -0.4 is 5.73 Å². The zero-order valence-electron chi connectivity index (χ0n) is 10.6. The second-order valence-electron chi connectivity index (χ2n) is 4.94. The van der Waals surface area contributed by atoms with E-state index in [0.717, 1.165) is 12.8 Å². The van der Waals surface area contributed by atoms with Crippen LogP contribution in [-0.2, 0) is 9.53 Å². The zero-order valence-corrected chi connectivity index (χ0v) is 10.6. The van der Waals surface area contributed by atoms with Crippen molar-refractivity contribution in [3.05, 3.63) is 0 Å². The van der Waals surface area contributed by atoms with Crippen LogP contribution >= 0.6 is 0 Å². The Hall–Kier alpha value is -0.570. The molecule has 3 heteroatoms. The van der Waals surface area contributed by atoms with Crippen molar-refractivity contribution < 1.29 is 9.53 Å². The van der Waals surface area contributed by atoms with Gasteiger partial charge in [-0.3, -0.25) is 4.79 Å². The van der Waals surface area contributed by atoms with Gasteiger partial charge >= 0.3 is 5.97 Å². The van der Waals surface area contributed by atoms with Crippen molar-refractivity contribution in [3.8, 4) is 0 Å². The Morgan fingerprint density at radius 1 is 1.38 bits per heavy atom. The maximum atomic E-state index is 11.6. The average molecular weight is 227 g/mol. The number of cyclic esters (lactones) is 1. The van der Waals surface area contributed by atoms with E-state index in [9.17, 15) is 4.79 Å². The first-order valence-electron chi connectivity index (χ1n) is 6.61. The van der Waals surface area contributed by atoms with Crippen LogP contribution in [0.1, 0.15) is 58.8 Å². The number of carbonyl (C=O) groups is 1. The van der Waals surface area contributed by atoms with Crippen molar-refractivity contribution in [2.75, 3.05) is 0 Å². The number of hydrogen-bond acceptors (Lipinski definition) is 3. The first kappa shape index (κ1) is 13.5. The Labute approximate surface area is 98.7 Å². The summed E-state index contributed by atoms with van der Waals surface area (Å²) in [4.78, 5) is 11.6. The highest BCUT2D eigenvalue weighted by Crippen LogP contribution is 2.24. The Bertz CT molecular complexity index is 218. The van der Waals surface area contributed by atoms with Crippen LogP contribution in [0.5, 0.6) is 0 Å². The Morgan fingerprint density at radius 2 is 2.06 bits per heavy atom. The predicted molar refractivity (Wildman–Crippen MR) is 65.0 cm³/mol. The van der Waals surface area contributed by atoms with Crippen molar-refractivity contribution in [1.82, 2.24) is 0 Å². The van der Waals surface area contributed by atoms with Crippen molar-refractivity contribution in [3.63, 3.8) is 0 Å². The summed E-state index contributed by atoms with van der Waals surface area (Å²) in [5, 5.41) is 0. The van der Waals surface area contributed by atoms with Crippen LogP contribution in [0, 0.1) is 5.92 Å². The molecule has 0 aromatic rings. The summed E-state index contributed by atoms with van der Waals surface area (Å²) in [5.74, 6) is 0.310. The van der Waals surface area contributed by atoms with E-state index in [2.05, 4.69) is 6.92 Å². The maximum absolute atomic E-state index is 11.6. The number of esters is 1. The summed E-state index contributed by atoms with van der Waals surface area (Å²) in [7, 11) is 0. The van der Waals surface area contributed by atoms with Gasteiger partial charge in [0.05, 0.1) is 0 Å². The van der Waals surface area contributed by atoms with Gasteiger partial charge in [-0.2, -0.15) is 0 Å². The molecule has 3 nitrogen and oxygen atoms in total. The first-order valence-corrected chi connectivity index (χ1v) is 6.61. The molecule has 0 aliphatic carbocycles. The molecule has 3 atom stereocenters. The summed E-state index contributed by atoms with van der Waals surface area (Å²) >= 11 is 0. The number of unbranched alkanes of at least 4 members (excludes halogenated alkanes) is 1. The Morgan fingerprint density at radius 3 is 2.75 bits per heavy atom. The second-order valence-corrected chi connectivity index (χ2v) is 4.94. The van der Waals surface area contributed by atoms with E-state index in [-0.39, 0.29) is 12.1 Å². The van der Waals surface area contributed by atoms with E-state index in [1.807, 2.05) is 6.92 Å². The van der Waals surface area contributed by atoms with Gasteiger partial charge in [0.15, 0.2) is 0 Å². The van der Waals surface area contributed by atoms with Crippen LogP contribution in [0.4, 0.5) is 0 Å². The summed E-state index contributed by atoms with van der Waals surface area (Å²) in [6.45, 7) is 4.21. The molecular formula is C13H25NO2. The molecule has 1 rings (SSSR count). The normalized spacial score (nSPS) is 32.4. The van der Waals surface area contributed by atoms with Gasteiger partial charge in [-0.05, 0) is 32.1 Å². The van der Waals surface area contributed by atoms with E-state index < -0.39 is 6.04 Å². The number of rotatable bonds is 3. The number of nitrogens with two attached hydrogens (primary N) is 1. The van der Waals surface area contributed by atoms with E-state index in [1.165, 1.54) is 32.1 Å². The van der Waals surface area contributed by atoms with Crippen molar-refractivity contribution >= 4 is 5.97 Å². The summed E-state index contributed by atoms with van der Waals surface area (Å²) in [6, 6.07) is -0.410. The quantitative estimate of drug-likeness (QED) is 0.754. The van der Waals surface area contributed by atoms with E-state index in [1.54, 1.807) is 0 Å². The van der Waals surface area contributed by atoms with E-state index >= 15 is 0 Å². The Balaban J connectivity index is 2.53. The molecule has 0 unspecified atom stereocenters. The lowest BCUT2D eigenvalue weighted by Gasteiger charge is -2.23. The van der Waals surface area contributed by atoms with Crippen molar-refractivity contribution in [2.45, 2.75) is 70.9 Å². The summed E-state index contributed by atoms with van der Waals surface area (Å²) in [5.41, 5.74) is 5.75. The number of hydrogen-bond donors (Lipinski definition) is 1. The van der Waals surface area contributed by atoms with Gasteiger partial charge in [-0.1, -0.05) is 32.6 Å². The molecule has 1 aliphatic heterocycles. The van der Waals surface area contributed by atoms with Crippen LogP contribution in [0.15, 0.2) is 0 Å². The molecule has 16 heavy (non-hydrogen) atoms. The SMILES string of the molecule is CCCC[C@@H]1CCCC[C@H](N)C(=O)O[C@H]1C. The fourth-order valence-electron chi connectivity index (χ4n) is 2.34. The minimum Gasteiger partial charge on any atom is -0.461 e. The smallest absolute Gasteiger partial charge is 0.323 e. The molecule has 0 radical (unpaired) electrons. The summed E-state index contributed by atoms with van der Waals surface area (Å²) in [6.07, 6.45) is 7.78. The fraction of sp³-hybridized carbons (Fsp3) is 0.923. The highest BCUT2D eigenvalue weighted by Gasteiger charge is 2.25. The minimum atomic E-state index is -0.410. The monoisotopic (exact) mass is 227 g/mol. The molecule has 0 aromatic heterocycles. The minimum absolute atomic E-state index is 0.0307. The van der Waals surface area contributed by atoms with Gasteiger partial charge in [-0.15, -0.1) is 0 Å². The van der Waals surface area contributed by atoms with Crippen LogP contribution in [0.25, 0.3) is 0 Å². The summed E-state index contributed by atoms with van der Waals surface area (Å²) < 4.78 is 5.43. The van der Waals surface area contributed by atoms with Crippen LogP contribution in [0.2, 0.25) is 0 Å². The molecule has 0 spiro atoms. The zero-order chi connectivity index (χ0) is 12.0. The first-order chi connectivity index (χ1) is 7.65. The molecule has 1 aliphatic rings. The van der Waals surface area contributed by atoms with Gasteiger partial charge in [0.25, 0.3) is 0 Å². The van der Waals surface area contributed by atoms with Crippen molar-refractivity contribution in [2.24, 2.45) is 11.7 Å². The highest BCUT2D eigenvalue weighted by atomic mass is 16.5. The van der Waals surface area contributed by atoms with Gasteiger partial charge in [0.1, 0.15) is 12.1 Å². The molecule has 1 fully saturated rings. The van der Waals surface area contributed by atoms with Gasteiger partial charge in [-0.25, -0.2) is 0 Å². The lowest BCUT2D eigenvalue weighted by atomic mass is 9.91. The Kier molecular flexibility index (Phi) is 5.81. The lowest BCUT2D eigenvalue weighted by molar-refractivity contribution is -0.152. The molecule has 0 aromatic carbocycles.